The van der Waals surface area contributed by atoms with E-state index in [-0.39, 0.29) is 11.9 Å². The van der Waals surface area contributed by atoms with E-state index in [1.165, 1.54) is 11.1 Å². The van der Waals surface area contributed by atoms with Crippen molar-refractivity contribution in [1.29, 1.82) is 0 Å². The molecule has 1 aliphatic rings. The number of carbonyl (C=O) groups excluding carboxylic acids is 1. The zero-order valence-corrected chi connectivity index (χ0v) is 13.3. The Morgan fingerprint density at radius 1 is 1.38 bits per heavy atom. The molecule has 21 heavy (non-hydrogen) atoms. The molecule has 0 bridgehead atoms. The summed E-state index contributed by atoms with van der Waals surface area (Å²) in [5.74, 6) is 0.575. The quantitative estimate of drug-likeness (QED) is 0.879. The highest BCUT2D eigenvalue weighted by molar-refractivity contribution is 9.10. The molecule has 108 valence electrons. The summed E-state index contributed by atoms with van der Waals surface area (Å²) in [7, 11) is 0. The number of hydrogen-bond acceptors (Lipinski definition) is 3. The van der Waals surface area contributed by atoms with Crippen LogP contribution in [-0.4, -0.2) is 16.9 Å². The van der Waals surface area contributed by atoms with Gasteiger partial charge < -0.3 is 10.6 Å². The predicted molar refractivity (Wildman–Crippen MR) is 86.1 cm³/mol. The summed E-state index contributed by atoms with van der Waals surface area (Å²) in [6.07, 6.45) is 2.39. The Morgan fingerprint density at radius 2 is 2.14 bits per heavy atom. The van der Waals surface area contributed by atoms with Gasteiger partial charge in [-0.3, -0.25) is 4.79 Å². The van der Waals surface area contributed by atoms with Gasteiger partial charge in [-0.25, -0.2) is 4.98 Å². The summed E-state index contributed by atoms with van der Waals surface area (Å²) in [6, 6.07) is 9.93. The fourth-order valence-corrected chi connectivity index (χ4v) is 2.96. The number of halogens is 1. The van der Waals surface area contributed by atoms with Crippen LogP contribution in [0.3, 0.4) is 0 Å². The van der Waals surface area contributed by atoms with Gasteiger partial charge in [-0.2, -0.15) is 0 Å². The first-order valence-corrected chi connectivity index (χ1v) is 7.66. The molecular weight excluding hydrogens is 330 g/mol. The maximum atomic E-state index is 12.4. The van der Waals surface area contributed by atoms with Gasteiger partial charge in [0, 0.05) is 17.2 Å². The number of aromatic nitrogens is 1. The highest BCUT2D eigenvalue weighted by Crippen LogP contribution is 2.19. The van der Waals surface area contributed by atoms with Crippen LogP contribution in [-0.2, 0) is 17.8 Å². The summed E-state index contributed by atoms with van der Waals surface area (Å²) in [4.78, 5) is 16.6. The average molecular weight is 346 g/mol. The Kier molecular flexibility index (Phi) is 4.03. The molecule has 4 nitrogen and oxygen atoms in total. The highest BCUT2D eigenvalue weighted by atomic mass is 79.9. The van der Waals surface area contributed by atoms with E-state index < -0.39 is 0 Å². The molecule has 0 fully saturated rings. The first-order chi connectivity index (χ1) is 10.1. The Labute approximate surface area is 132 Å². The molecule has 1 amide bonds. The largest absolute Gasteiger partial charge is 0.309 e. The number of nitrogens with zero attached hydrogens (tertiary/aromatic N) is 1. The summed E-state index contributed by atoms with van der Waals surface area (Å²) >= 11 is 3.37. The fourth-order valence-electron chi connectivity index (χ4n) is 2.51. The molecule has 2 aromatic rings. The van der Waals surface area contributed by atoms with E-state index >= 15 is 0 Å². The molecule has 0 saturated heterocycles. The topological polar surface area (TPSA) is 54.0 Å². The van der Waals surface area contributed by atoms with E-state index in [9.17, 15) is 4.79 Å². The van der Waals surface area contributed by atoms with Crippen LogP contribution in [0.1, 0.15) is 16.7 Å². The van der Waals surface area contributed by atoms with Crippen molar-refractivity contribution in [2.75, 3.05) is 5.32 Å². The van der Waals surface area contributed by atoms with Gasteiger partial charge >= 0.3 is 0 Å². The van der Waals surface area contributed by atoms with Crippen molar-refractivity contribution in [3.8, 4) is 0 Å². The number of nitrogens with one attached hydrogen (secondary N) is 2. The van der Waals surface area contributed by atoms with Crippen LogP contribution >= 0.6 is 15.9 Å². The molecule has 1 atom stereocenters. The van der Waals surface area contributed by atoms with Crippen LogP contribution in [0.5, 0.6) is 0 Å². The van der Waals surface area contributed by atoms with Crippen molar-refractivity contribution in [1.82, 2.24) is 10.3 Å². The molecule has 0 radical (unpaired) electrons. The maximum Gasteiger partial charge on any atom is 0.243 e. The summed E-state index contributed by atoms with van der Waals surface area (Å²) in [5.41, 5.74) is 3.44. The van der Waals surface area contributed by atoms with Crippen molar-refractivity contribution < 1.29 is 4.79 Å². The second kappa shape index (κ2) is 5.95. The lowest BCUT2D eigenvalue weighted by atomic mass is 9.95. The lowest BCUT2D eigenvalue weighted by molar-refractivity contribution is -0.118. The molecular formula is C16H16BrN3O. The summed E-state index contributed by atoms with van der Waals surface area (Å²) in [6.45, 7) is 2.65. The van der Waals surface area contributed by atoms with Crippen LogP contribution in [0.15, 0.2) is 41.0 Å². The molecule has 2 N–H and O–H groups in total. The molecule has 3 rings (SSSR count). The first kappa shape index (κ1) is 14.2. The maximum absolute atomic E-state index is 12.4. The van der Waals surface area contributed by atoms with Gasteiger partial charge in [0.2, 0.25) is 5.91 Å². The van der Waals surface area contributed by atoms with E-state index in [0.717, 1.165) is 16.6 Å². The highest BCUT2D eigenvalue weighted by Gasteiger charge is 2.24. The minimum Gasteiger partial charge on any atom is -0.309 e. The van der Waals surface area contributed by atoms with Crippen molar-refractivity contribution in [2.45, 2.75) is 25.9 Å². The number of rotatable bonds is 2. The first-order valence-electron chi connectivity index (χ1n) is 6.86. The number of aryl methyl sites for hydroxylation is 1. The second-order valence-corrected chi connectivity index (χ2v) is 6.13. The average Bonchev–Trinajstić information content (AvgIpc) is 2.49. The van der Waals surface area contributed by atoms with Gasteiger partial charge in [0.25, 0.3) is 0 Å². The number of amides is 1. The van der Waals surface area contributed by atoms with E-state index in [4.69, 9.17) is 0 Å². The number of fused-ring (bicyclic) bond motifs is 1. The number of pyridine rings is 1. The molecule has 0 spiro atoms. The Morgan fingerprint density at radius 3 is 2.90 bits per heavy atom. The fraction of sp³-hybridized carbons (Fsp3) is 0.250. The minimum absolute atomic E-state index is 0.0394. The molecule has 5 heteroatoms. The number of carbonyl (C=O) groups is 1. The van der Waals surface area contributed by atoms with Crippen LogP contribution in [0.2, 0.25) is 0 Å². The summed E-state index contributed by atoms with van der Waals surface area (Å²) < 4.78 is 0.905. The number of anilines is 1. The SMILES string of the molecule is Cc1cc(Br)cnc1NC(=O)[C@H]1Cc2ccccc2CN1. The molecule has 0 saturated carbocycles. The Bertz CT molecular complexity index is 687. The predicted octanol–water partition coefficient (Wildman–Crippen LogP) is 2.81. The smallest absolute Gasteiger partial charge is 0.243 e. The monoisotopic (exact) mass is 345 g/mol. The zero-order chi connectivity index (χ0) is 14.8. The molecule has 0 unspecified atom stereocenters. The minimum atomic E-state index is -0.218. The third-order valence-electron chi connectivity index (χ3n) is 3.68. The van der Waals surface area contributed by atoms with E-state index in [0.29, 0.717) is 12.2 Å². The standard InChI is InChI=1S/C16H16BrN3O/c1-10-6-13(17)9-19-15(10)20-16(21)14-7-11-4-2-3-5-12(11)8-18-14/h2-6,9,14,18H,7-8H2,1H3,(H,19,20,21)/t14-/m1/s1. The molecule has 1 aliphatic heterocycles. The Hall–Kier alpha value is -1.72. The van der Waals surface area contributed by atoms with E-state index in [1.54, 1.807) is 6.20 Å². The van der Waals surface area contributed by atoms with Gasteiger partial charge in [0.15, 0.2) is 0 Å². The van der Waals surface area contributed by atoms with Crippen LogP contribution < -0.4 is 10.6 Å². The molecule has 0 aliphatic carbocycles. The van der Waals surface area contributed by atoms with Gasteiger partial charge in [0.05, 0.1) is 6.04 Å². The second-order valence-electron chi connectivity index (χ2n) is 5.21. The van der Waals surface area contributed by atoms with Crippen molar-refractivity contribution in [2.24, 2.45) is 0 Å². The zero-order valence-electron chi connectivity index (χ0n) is 11.7. The lowest BCUT2D eigenvalue weighted by Gasteiger charge is -2.25. The Balaban J connectivity index is 1.72. The van der Waals surface area contributed by atoms with E-state index in [1.807, 2.05) is 25.1 Å². The van der Waals surface area contributed by atoms with Gasteiger partial charge in [0.1, 0.15) is 5.82 Å². The van der Waals surface area contributed by atoms with Crippen LogP contribution in [0.25, 0.3) is 0 Å². The van der Waals surface area contributed by atoms with E-state index in [2.05, 4.69) is 43.7 Å². The summed E-state index contributed by atoms with van der Waals surface area (Å²) in [5, 5.41) is 6.18. The lowest BCUT2D eigenvalue weighted by Crippen LogP contribution is -2.44. The van der Waals surface area contributed by atoms with Gasteiger partial charge in [-0.1, -0.05) is 24.3 Å². The van der Waals surface area contributed by atoms with Gasteiger partial charge in [-0.15, -0.1) is 0 Å². The molecule has 1 aromatic carbocycles. The third kappa shape index (κ3) is 3.14. The van der Waals surface area contributed by atoms with Crippen molar-refractivity contribution in [3.05, 3.63) is 57.7 Å². The van der Waals surface area contributed by atoms with Gasteiger partial charge in [-0.05, 0) is 52.0 Å². The number of benzene rings is 1. The number of hydrogen-bond donors (Lipinski definition) is 2. The van der Waals surface area contributed by atoms with Crippen molar-refractivity contribution >= 4 is 27.7 Å². The molecule has 1 aromatic heterocycles. The van der Waals surface area contributed by atoms with Crippen LogP contribution in [0.4, 0.5) is 5.82 Å². The van der Waals surface area contributed by atoms with Crippen LogP contribution in [0, 0.1) is 6.92 Å². The normalized spacial score (nSPS) is 17.1. The molecule has 2 heterocycles. The third-order valence-corrected chi connectivity index (χ3v) is 4.12. The van der Waals surface area contributed by atoms with Crippen molar-refractivity contribution in [3.63, 3.8) is 0 Å².